The molecule has 0 aromatic heterocycles. The molecule has 0 radical (unpaired) electrons. The van der Waals surface area contributed by atoms with Gasteiger partial charge in [-0.1, -0.05) is 29.8 Å². The van der Waals surface area contributed by atoms with Crippen LogP contribution in [0.4, 0.5) is 0 Å². The van der Waals surface area contributed by atoms with E-state index in [1.165, 1.54) is 5.56 Å². The van der Waals surface area contributed by atoms with Gasteiger partial charge in [-0.15, -0.1) is 0 Å². The molecule has 0 fully saturated rings. The van der Waals surface area contributed by atoms with Crippen molar-refractivity contribution in [2.75, 3.05) is 13.7 Å². The molecule has 0 aliphatic carbocycles. The van der Waals surface area contributed by atoms with E-state index in [2.05, 4.69) is 12.1 Å². The zero-order chi connectivity index (χ0) is 17.5. The van der Waals surface area contributed by atoms with Crippen LogP contribution in [0, 0.1) is 25.2 Å². The number of carbonyl (C=O) groups excluding carboxylic acids is 1. The lowest BCUT2D eigenvalue weighted by molar-refractivity contribution is -0.130. The second-order valence-corrected chi connectivity index (χ2v) is 5.93. The Morgan fingerprint density at radius 1 is 1.21 bits per heavy atom. The van der Waals surface area contributed by atoms with E-state index < -0.39 is 0 Å². The largest absolute Gasteiger partial charge is 0.493 e. The third-order valence-electron chi connectivity index (χ3n) is 3.81. The van der Waals surface area contributed by atoms with Crippen LogP contribution in [0.3, 0.4) is 0 Å². The van der Waals surface area contributed by atoms with Gasteiger partial charge in [0, 0.05) is 13.6 Å². The molecule has 2 rings (SSSR count). The first-order valence-electron chi connectivity index (χ1n) is 7.92. The van der Waals surface area contributed by atoms with Gasteiger partial charge in [0.05, 0.1) is 24.7 Å². The Kier molecular flexibility index (Phi) is 5.97. The number of nitrogens with zero attached hydrogens (tertiary/aromatic N) is 2. The summed E-state index contributed by atoms with van der Waals surface area (Å²) >= 11 is 0. The molecule has 4 heteroatoms. The highest BCUT2D eigenvalue weighted by molar-refractivity contribution is 5.76. The van der Waals surface area contributed by atoms with E-state index >= 15 is 0 Å². The van der Waals surface area contributed by atoms with Crippen molar-refractivity contribution in [3.05, 3.63) is 64.7 Å². The Bertz CT molecular complexity index is 762. The second kappa shape index (κ2) is 8.16. The monoisotopic (exact) mass is 322 g/mol. The van der Waals surface area contributed by atoms with Gasteiger partial charge in [0.15, 0.2) is 0 Å². The smallest absolute Gasteiger partial charge is 0.226 e. The van der Waals surface area contributed by atoms with E-state index in [4.69, 9.17) is 10.00 Å². The second-order valence-electron chi connectivity index (χ2n) is 5.93. The molecule has 2 aromatic rings. The molecule has 4 nitrogen and oxygen atoms in total. The summed E-state index contributed by atoms with van der Waals surface area (Å²) in [7, 11) is 1.76. The van der Waals surface area contributed by atoms with Crippen molar-refractivity contribution in [3.8, 4) is 11.8 Å². The number of ether oxygens (including phenoxy) is 1. The molecule has 0 saturated carbocycles. The molecule has 24 heavy (non-hydrogen) atoms. The molecule has 0 heterocycles. The van der Waals surface area contributed by atoms with Crippen LogP contribution in [0.1, 0.15) is 28.7 Å². The van der Waals surface area contributed by atoms with Gasteiger partial charge in [-0.25, -0.2) is 0 Å². The quantitative estimate of drug-likeness (QED) is 0.816. The normalized spacial score (nSPS) is 10.1. The Balaban J connectivity index is 1.84. The highest BCUT2D eigenvalue weighted by Crippen LogP contribution is 2.19. The SMILES string of the molecule is Cc1ccc(OCCC(=O)N(C)Cc2cccc(C#N)c2)c(C)c1. The zero-order valence-electron chi connectivity index (χ0n) is 14.4. The van der Waals surface area contributed by atoms with Gasteiger partial charge < -0.3 is 9.64 Å². The summed E-state index contributed by atoms with van der Waals surface area (Å²) in [5.41, 5.74) is 3.81. The van der Waals surface area contributed by atoms with Crippen LogP contribution in [0.2, 0.25) is 0 Å². The molecular formula is C20H22N2O2. The molecule has 2 aromatic carbocycles. The summed E-state index contributed by atoms with van der Waals surface area (Å²) in [4.78, 5) is 13.9. The van der Waals surface area contributed by atoms with Crippen molar-refractivity contribution in [2.45, 2.75) is 26.8 Å². The summed E-state index contributed by atoms with van der Waals surface area (Å²) in [6.45, 7) is 4.87. The Hall–Kier alpha value is -2.80. The molecule has 0 atom stereocenters. The van der Waals surface area contributed by atoms with Crippen molar-refractivity contribution in [2.24, 2.45) is 0 Å². The topological polar surface area (TPSA) is 53.3 Å². The molecule has 0 N–H and O–H groups in total. The average molecular weight is 322 g/mol. The molecule has 0 aliphatic rings. The maximum absolute atomic E-state index is 12.2. The van der Waals surface area contributed by atoms with E-state index in [9.17, 15) is 4.79 Å². The third-order valence-corrected chi connectivity index (χ3v) is 3.81. The maximum Gasteiger partial charge on any atom is 0.226 e. The maximum atomic E-state index is 12.2. The van der Waals surface area contributed by atoms with Crippen LogP contribution in [0.5, 0.6) is 5.75 Å². The van der Waals surface area contributed by atoms with Crippen LogP contribution < -0.4 is 4.74 Å². The fourth-order valence-electron chi connectivity index (χ4n) is 2.50. The highest BCUT2D eigenvalue weighted by Gasteiger charge is 2.10. The van der Waals surface area contributed by atoms with E-state index in [0.29, 0.717) is 25.1 Å². The van der Waals surface area contributed by atoms with E-state index in [0.717, 1.165) is 16.9 Å². The van der Waals surface area contributed by atoms with Crippen molar-refractivity contribution >= 4 is 5.91 Å². The van der Waals surface area contributed by atoms with Gasteiger partial charge in [0.25, 0.3) is 0 Å². The van der Waals surface area contributed by atoms with Crippen molar-refractivity contribution in [3.63, 3.8) is 0 Å². The average Bonchev–Trinajstić information content (AvgIpc) is 2.56. The molecule has 0 saturated heterocycles. The Morgan fingerprint density at radius 3 is 2.71 bits per heavy atom. The van der Waals surface area contributed by atoms with Crippen molar-refractivity contribution in [1.82, 2.24) is 4.90 Å². The molecular weight excluding hydrogens is 300 g/mol. The van der Waals surface area contributed by atoms with E-state index in [-0.39, 0.29) is 5.91 Å². The number of nitriles is 1. The lowest BCUT2D eigenvalue weighted by Gasteiger charge is -2.18. The highest BCUT2D eigenvalue weighted by atomic mass is 16.5. The van der Waals surface area contributed by atoms with Gasteiger partial charge in [-0.3, -0.25) is 4.79 Å². The summed E-state index contributed by atoms with van der Waals surface area (Å²) in [6, 6.07) is 15.4. The fraction of sp³-hybridized carbons (Fsp3) is 0.300. The van der Waals surface area contributed by atoms with Crippen LogP contribution in [0.25, 0.3) is 0 Å². The van der Waals surface area contributed by atoms with Gasteiger partial charge in [-0.05, 0) is 43.2 Å². The first kappa shape index (κ1) is 17.6. The van der Waals surface area contributed by atoms with E-state index in [1.54, 1.807) is 24.1 Å². The first-order chi connectivity index (χ1) is 11.5. The van der Waals surface area contributed by atoms with Crippen LogP contribution in [-0.2, 0) is 11.3 Å². The minimum atomic E-state index is 0.0159. The van der Waals surface area contributed by atoms with Crippen molar-refractivity contribution < 1.29 is 9.53 Å². The van der Waals surface area contributed by atoms with Gasteiger partial charge in [-0.2, -0.15) is 5.26 Å². The summed E-state index contributed by atoms with van der Waals surface area (Å²) in [5, 5.41) is 8.92. The fourth-order valence-corrected chi connectivity index (χ4v) is 2.50. The number of hydrogen-bond donors (Lipinski definition) is 0. The Labute approximate surface area is 143 Å². The third kappa shape index (κ3) is 4.85. The number of benzene rings is 2. The number of rotatable bonds is 6. The molecule has 0 unspecified atom stereocenters. The van der Waals surface area contributed by atoms with Crippen LogP contribution in [0.15, 0.2) is 42.5 Å². The summed E-state index contributed by atoms with van der Waals surface area (Å²) in [5.74, 6) is 0.833. The standard InChI is InChI=1S/C20H22N2O2/c1-15-7-8-19(16(2)11-15)24-10-9-20(23)22(3)14-18-6-4-5-17(12-18)13-21/h4-8,11-12H,9-10,14H2,1-3H3. The van der Waals surface area contributed by atoms with Crippen LogP contribution in [-0.4, -0.2) is 24.5 Å². The zero-order valence-corrected chi connectivity index (χ0v) is 14.4. The van der Waals surface area contributed by atoms with E-state index in [1.807, 2.05) is 38.1 Å². The summed E-state index contributed by atoms with van der Waals surface area (Å²) < 4.78 is 5.71. The number of amides is 1. The molecule has 0 spiro atoms. The minimum Gasteiger partial charge on any atom is -0.493 e. The lowest BCUT2D eigenvalue weighted by atomic mass is 10.1. The molecule has 0 aliphatic heterocycles. The molecule has 1 amide bonds. The van der Waals surface area contributed by atoms with Gasteiger partial charge in [0.2, 0.25) is 5.91 Å². The summed E-state index contributed by atoms with van der Waals surface area (Å²) in [6.07, 6.45) is 0.321. The van der Waals surface area contributed by atoms with Crippen LogP contribution >= 0.6 is 0 Å². The van der Waals surface area contributed by atoms with Crippen molar-refractivity contribution in [1.29, 1.82) is 5.26 Å². The van der Waals surface area contributed by atoms with Gasteiger partial charge >= 0.3 is 0 Å². The lowest BCUT2D eigenvalue weighted by Crippen LogP contribution is -2.27. The van der Waals surface area contributed by atoms with Gasteiger partial charge in [0.1, 0.15) is 5.75 Å². The Morgan fingerprint density at radius 2 is 2.00 bits per heavy atom. The number of aryl methyl sites for hydroxylation is 2. The molecule has 0 bridgehead atoms. The predicted octanol–water partition coefficient (Wildman–Crippen LogP) is 3.60. The number of carbonyl (C=O) groups is 1. The minimum absolute atomic E-state index is 0.0159. The molecule has 124 valence electrons. The first-order valence-corrected chi connectivity index (χ1v) is 7.92. The predicted molar refractivity (Wildman–Crippen MR) is 93.7 cm³/mol. The number of hydrogen-bond acceptors (Lipinski definition) is 3.